The molecule has 0 N–H and O–H groups in total. The van der Waals surface area contributed by atoms with Crippen LogP contribution in [0.4, 0.5) is 5.00 Å². The number of likely N-dealkylation sites (N-methyl/N-ethyl adjacent to an activating group) is 1. The first kappa shape index (κ1) is 15.1. The molecule has 1 aromatic rings. The van der Waals surface area contributed by atoms with Gasteiger partial charge in [-0.2, -0.15) is 0 Å². The van der Waals surface area contributed by atoms with Gasteiger partial charge in [0.15, 0.2) is 0 Å². The van der Waals surface area contributed by atoms with Crippen LogP contribution in [-0.4, -0.2) is 62.5 Å². The molecule has 2 rings (SSSR count). The van der Waals surface area contributed by atoms with E-state index in [0.717, 1.165) is 32.7 Å². The second-order valence-corrected chi connectivity index (χ2v) is 6.63. The SMILES string of the molecule is Cc1ccc(N2CCN(C(=O)/C=C/CN(C)C)CC2)s1. The molecular formula is C15H23N3OS. The summed E-state index contributed by atoms with van der Waals surface area (Å²) in [6, 6.07) is 4.33. The van der Waals surface area contributed by atoms with Gasteiger partial charge in [0.2, 0.25) is 5.91 Å². The summed E-state index contributed by atoms with van der Waals surface area (Å²) in [4.78, 5) is 19.7. The Morgan fingerprint density at radius 3 is 2.55 bits per heavy atom. The van der Waals surface area contributed by atoms with Gasteiger partial charge in [-0.15, -0.1) is 11.3 Å². The Morgan fingerprint density at radius 1 is 1.30 bits per heavy atom. The molecule has 0 unspecified atom stereocenters. The zero-order valence-corrected chi connectivity index (χ0v) is 13.3. The molecule has 1 aromatic heterocycles. The predicted octanol–water partition coefficient (Wildman–Crippen LogP) is 1.82. The third kappa shape index (κ3) is 4.08. The fraction of sp³-hybridized carbons (Fsp3) is 0.533. The standard InChI is InChI=1S/C15H23N3OS/c1-13-6-7-15(20-13)18-11-9-17(10-12-18)14(19)5-4-8-16(2)3/h4-7H,8-12H2,1-3H3/b5-4+. The van der Waals surface area contributed by atoms with E-state index in [2.05, 4.69) is 24.0 Å². The minimum atomic E-state index is 0.133. The molecule has 20 heavy (non-hydrogen) atoms. The van der Waals surface area contributed by atoms with Crippen molar-refractivity contribution in [3.63, 3.8) is 0 Å². The lowest BCUT2D eigenvalue weighted by Crippen LogP contribution is -2.48. The lowest BCUT2D eigenvalue weighted by atomic mass is 10.3. The number of rotatable bonds is 4. The van der Waals surface area contributed by atoms with E-state index < -0.39 is 0 Å². The van der Waals surface area contributed by atoms with Crippen molar-refractivity contribution >= 4 is 22.2 Å². The first-order valence-electron chi connectivity index (χ1n) is 6.98. The molecule has 0 aromatic carbocycles. The number of hydrogen-bond donors (Lipinski definition) is 0. The Kier molecular flexibility index (Phi) is 5.20. The monoisotopic (exact) mass is 293 g/mol. The predicted molar refractivity (Wildman–Crippen MR) is 85.5 cm³/mol. The number of thiophene rings is 1. The zero-order valence-electron chi connectivity index (χ0n) is 12.5. The van der Waals surface area contributed by atoms with Gasteiger partial charge in [0.25, 0.3) is 0 Å². The number of aryl methyl sites for hydroxylation is 1. The summed E-state index contributed by atoms with van der Waals surface area (Å²) in [5.74, 6) is 0.133. The van der Waals surface area contributed by atoms with Crippen LogP contribution >= 0.6 is 11.3 Å². The lowest BCUT2D eigenvalue weighted by Gasteiger charge is -2.34. The molecule has 1 aliphatic rings. The molecule has 1 saturated heterocycles. The lowest BCUT2D eigenvalue weighted by molar-refractivity contribution is -0.126. The molecule has 1 amide bonds. The maximum absolute atomic E-state index is 12.0. The maximum Gasteiger partial charge on any atom is 0.246 e. The minimum Gasteiger partial charge on any atom is -0.360 e. The Bertz CT molecular complexity index is 473. The summed E-state index contributed by atoms with van der Waals surface area (Å²) >= 11 is 1.82. The molecule has 2 heterocycles. The van der Waals surface area contributed by atoms with Crippen LogP contribution in [-0.2, 0) is 4.79 Å². The van der Waals surface area contributed by atoms with Crippen LogP contribution in [0, 0.1) is 6.92 Å². The molecule has 1 aliphatic heterocycles. The largest absolute Gasteiger partial charge is 0.360 e. The third-order valence-corrected chi connectivity index (χ3v) is 4.42. The van der Waals surface area contributed by atoms with E-state index in [1.807, 2.05) is 41.3 Å². The maximum atomic E-state index is 12.0. The van der Waals surface area contributed by atoms with Gasteiger partial charge in [-0.3, -0.25) is 4.79 Å². The molecule has 0 aliphatic carbocycles. The topological polar surface area (TPSA) is 26.8 Å². The van der Waals surface area contributed by atoms with Gasteiger partial charge < -0.3 is 14.7 Å². The summed E-state index contributed by atoms with van der Waals surface area (Å²) in [6.07, 6.45) is 3.63. The molecule has 110 valence electrons. The quantitative estimate of drug-likeness (QED) is 0.792. The van der Waals surface area contributed by atoms with Gasteiger partial charge in [-0.05, 0) is 33.2 Å². The summed E-state index contributed by atoms with van der Waals surface area (Å²) in [5, 5.41) is 1.32. The van der Waals surface area contributed by atoms with Gasteiger partial charge in [-0.1, -0.05) is 6.08 Å². The molecular weight excluding hydrogens is 270 g/mol. The molecule has 0 atom stereocenters. The molecule has 0 radical (unpaired) electrons. The second-order valence-electron chi connectivity index (χ2n) is 5.36. The second kappa shape index (κ2) is 6.90. The smallest absolute Gasteiger partial charge is 0.246 e. The summed E-state index contributed by atoms with van der Waals surface area (Å²) in [7, 11) is 3.99. The van der Waals surface area contributed by atoms with Crippen LogP contribution in [0.1, 0.15) is 4.88 Å². The Hall–Kier alpha value is -1.33. The van der Waals surface area contributed by atoms with Gasteiger partial charge >= 0.3 is 0 Å². The van der Waals surface area contributed by atoms with Crippen LogP contribution in [0.15, 0.2) is 24.3 Å². The van der Waals surface area contributed by atoms with E-state index in [9.17, 15) is 4.79 Å². The Morgan fingerprint density at radius 2 is 2.00 bits per heavy atom. The van der Waals surface area contributed by atoms with E-state index in [1.165, 1.54) is 9.88 Å². The molecule has 0 saturated carbocycles. The number of anilines is 1. The van der Waals surface area contributed by atoms with Crippen LogP contribution in [0.25, 0.3) is 0 Å². The average molecular weight is 293 g/mol. The van der Waals surface area contributed by atoms with Crippen LogP contribution in [0.2, 0.25) is 0 Å². The summed E-state index contributed by atoms with van der Waals surface area (Å²) in [5.41, 5.74) is 0. The van der Waals surface area contributed by atoms with E-state index in [1.54, 1.807) is 6.08 Å². The highest BCUT2D eigenvalue weighted by molar-refractivity contribution is 7.16. The van der Waals surface area contributed by atoms with E-state index in [4.69, 9.17) is 0 Å². The van der Waals surface area contributed by atoms with Crippen LogP contribution < -0.4 is 4.90 Å². The van der Waals surface area contributed by atoms with Crippen LogP contribution in [0.5, 0.6) is 0 Å². The molecule has 0 bridgehead atoms. The number of piperazine rings is 1. The van der Waals surface area contributed by atoms with Crippen molar-refractivity contribution in [2.75, 3.05) is 51.7 Å². The van der Waals surface area contributed by atoms with Gasteiger partial charge in [0.1, 0.15) is 0 Å². The fourth-order valence-electron chi connectivity index (χ4n) is 2.21. The minimum absolute atomic E-state index is 0.133. The van der Waals surface area contributed by atoms with Crippen molar-refractivity contribution in [3.05, 3.63) is 29.2 Å². The van der Waals surface area contributed by atoms with Crippen molar-refractivity contribution in [3.8, 4) is 0 Å². The molecule has 1 fully saturated rings. The highest BCUT2D eigenvalue weighted by Gasteiger charge is 2.20. The van der Waals surface area contributed by atoms with Gasteiger partial charge in [-0.25, -0.2) is 0 Å². The molecule has 4 nitrogen and oxygen atoms in total. The number of carbonyl (C=O) groups is 1. The molecule has 5 heteroatoms. The fourth-order valence-corrected chi connectivity index (χ4v) is 3.12. The average Bonchev–Trinajstić information content (AvgIpc) is 2.85. The van der Waals surface area contributed by atoms with Crippen molar-refractivity contribution in [2.24, 2.45) is 0 Å². The first-order chi connectivity index (χ1) is 9.56. The summed E-state index contributed by atoms with van der Waals surface area (Å²) in [6.45, 7) is 6.40. The van der Waals surface area contributed by atoms with Crippen molar-refractivity contribution in [2.45, 2.75) is 6.92 Å². The number of carbonyl (C=O) groups excluding carboxylic acids is 1. The Balaban J connectivity index is 1.82. The third-order valence-electron chi connectivity index (χ3n) is 3.36. The Labute approximate surface area is 125 Å². The van der Waals surface area contributed by atoms with Crippen LogP contribution in [0.3, 0.4) is 0 Å². The van der Waals surface area contributed by atoms with Crippen molar-refractivity contribution in [1.29, 1.82) is 0 Å². The van der Waals surface area contributed by atoms with Crippen molar-refractivity contribution in [1.82, 2.24) is 9.80 Å². The van der Waals surface area contributed by atoms with E-state index in [-0.39, 0.29) is 5.91 Å². The summed E-state index contributed by atoms with van der Waals surface area (Å²) < 4.78 is 0. The zero-order chi connectivity index (χ0) is 14.5. The molecule has 0 spiro atoms. The number of amides is 1. The first-order valence-corrected chi connectivity index (χ1v) is 7.79. The highest BCUT2D eigenvalue weighted by Crippen LogP contribution is 2.26. The number of nitrogens with zero attached hydrogens (tertiary/aromatic N) is 3. The highest BCUT2D eigenvalue weighted by atomic mass is 32.1. The number of hydrogen-bond acceptors (Lipinski definition) is 4. The van der Waals surface area contributed by atoms with Crippen molar-refractivity contribution < 1.29 is 4.79 Å². The van der Waals surface area contributed by atoms with Gasteiger partial charge in [0.05, 0.1) is 5.00 Å². The van der Waals surface area contributed by atoms with Gasteiger partial charge in [0, 0.05) is 43.7 Å². The van der Waals surface area contributed by atoms with E-state index in [0.29, 0.717) is 0 Å². The normalized spacial score (nSPS) is 16.4. The van der Waals surface area contributed by atoms with E-state index >= 15 is 0 Å².